The van der Waals surface area contributed by atoms with Gasteiger partial charge in [-0.3, -0.25) is 0 Å². The molecule has 0 aromatic carbocycles. The number of nitrogen functional groups attached to an aromatic ring is 1. The largest absolute Gasteiger partial charge is 0.368 e. The van der Waals surface area contributed by atoms with E-state index < -0.39 is 0 Å². The molecule has 0 aliphatic carbocycles. The van der Waals surface area contributed by atoms with Crippen LogP contribution in [0.25, 0.3) is 0 Å². The third-order valence-electron chi connectivity index (χ3n) is 3.23. The zero-order chi connectivity index (χ0) is 13.2. The van der Waals surface area contributed by atoms with Gasteiger partial charge in [-0.25, -0.2) is 14.6 Å². The Labute approximate surface area is 115 Å². The number of hydrogen-bond donors (Lipinski definition) is 1. The molecule has 1 atom stereocenters. The molecule has 3 heterocycles. The van der Waals surface area contributed by atoms with Crippen molar-refractivity contribution in [3.05, 3.63) is 23.9 Å². The van der Waals surface area contributed by atoms with Crippen LogP contribution in [0, 0.1) is 0 Å². The Morgan fingerprint density at radius 2 is 2.26 bits per heavy atom. The fourth-order valence-corrected chi connectivity index (χ4v) is 2.55. The van der Waals surface area contributed by atoms with Crippen molar-refractivity contribution in [3.63, 3.8) is 0 Å². The number of hydrogen-bond acceptors (Lipinski definition) is 6. The van der Waals surface area contributed by atoms with Crippen molar-refractivity contribution in [1.82, 2.24) is 24.7 Å². The molecule has 1 aliphatic heterocycles. The maximum atomic E-state index is 5.92. The summed E-state index contributed by atoms with van der Waals surface area (Å²) in [5, 5.41) is 4.56. The van der Waals surface area contributed by atoms with E-state index in [9.17, 15) is 0 Å². The Kier molecular flexibility index (Phi) is 3.20. The monoisotopic (exact) mass is 279 g/mol. The van der Waals surface area contributed by atoms with E-state index in [0.29, 0.717) is 11.2 Å². The van der Waals surface area contributed by atoms with Gasteiger partial charge in [-0.05, 0) is 12.8 Å². The Morgan fingerprint density at radius 1 is 1.37 bits per heavy atom. The zero-order valence-electron chi connectivity index (χ0n) is 10.3. The maximum absolute atomic E-state index is 5.92. The minimum atomic E-state index is 0.199. The minimum absolute atomic E-state index is 0.199. The lowest BCUT2D eigenvalue weighted by Gasteiger charge is -2.33. The molecular formula is C11H14ClN7. The molecule has 19 heavy (non-hydrogen) atoms. The van der Waals surface area contributed by atoms with Crippen LogP contribution in [0.15, 0.2) is 18.7 Å². The molecule has 2 aromatic heterocycles. The number of nitrogens with zero attached hydrogens (tertiary/aromatic N) is 6. The molecular weight excluding hydrogens is 266 g/mol. The van der Waals surface area contributed by atoms with Crippen molar-refractivity contribution >= 4 is 23.4 Å². The van der Waals surface area contributed by atoms with Crippen molar-refractivity contribution in [2.75, 3.05) is 23.7 Å². The van der Waals surface area contributed by atoms with E-state index in [0.717, 1.165) is 31.7 Å². The number of aromatic nitrogens is 5. The van der Waals surface area contributed by atoms with Gasteiger partial charge in [0, 0.05) is 19.2 Å². The minimum Gasteiger partial charge on any atom is -0.368 e. The van der Waals surface area contributed by atoms with Crippen LogP contribution in [0.4, 0.5) is 11.8 Å². The molecule has 0 unspecified atom stereocenters. The summed E-state index contributed by atoms with van der Waals surface area (Å²) in [4.78, 5) is 14.3. The highest BCUT2D eigenvalue weighted by Gasteiger charge is 2.23. The summed E-state index contributed by atoms with van der Waals surface area (Å²) in [6.45, 7) is 1.74. The molecule has 1 fully saturated rings. The SMILES string of the molecule is Nc1nc(Cl)cc(N2CCC[C@H](n3cncn3)C2)n1. The Morgan fingerprint density at radius 3 is 3.00 bits per heavy atom. The van der Waals surface area contributed by atoms with Crippen LogP contribution in [0.1, 0.15) is 18.9 Å². The van der Waals surface area contributed by atoms with Crippen molar-refractivity contribution in [2.45, 2.75) is 18.9 Å². The quantitative estimate of drug-likeness (QED) is 0.830. The lowest BCUT2D eigenvalue weighted by molar-refractivity contribution is 0.374. The summed E-state index contributed by atoms with van der Waals surface area (Å²) in [7, 11) is 0. The Balaban J connectivity index is 1.81. The second-order valence-corrected chi connectivity index (χ2v) is 4.91. The molecule has 2 aromatic rings. The number of halogens is 1. The molecule has 0 saturated carbocycles. The highest BCUT2D eigenvalue weighted by Crippen LogP contribution is 2.25. The van der Waals surface area contributed by atoms with Crippen LogP contribution in [0.2, 0.25) is 5.15 Å². The van der Waals surface area contributed by atoms with Gasteiger partial charge in [0.05, 0.1) is 6.04 Å². The second-order valence-electron chi connectivity index (χ2n) is 4.52. The Bertz CT molecular complexity index is 536. The fourth-order valence-electron chi connectivity index (χ4n) is 2.37. The van der Waals surface area contributed by atoms with Gasteiger partial charge in [0.15, 0.2) is 0 Å². The highest BCUT2D eigenvalue weighted by molar-refractivity contribution is 6.29. The molecule has 0 spiro atoms. The lowest BCUT2D eigenvalue weighted by atomic mass is 10.1. The van der Waals surface area contributed by atoms with E-state index >= 15 is 0 Å². The third kappa shape index (κ3) is 2.60. The van der Waals surface area contributed by atoms with Crippen LogP contribution in [0.3, 0.4) is 0 Å². The molecule has 0 bridgehead atoms. The van der Waals surface area contributed by atoms with Gasteiger partial charge in [-0.2, -0.15) is 10.1 Å². The summed E-state index contributed by atoms with van der Waals surface area (Å²) >= 11 is 5.92. The summed E-state index contributed by atoms with van der Waals surface area (Å²) in [5.41, 5.74) is 5.63. The third-order valence-corrected chi connectivity index (χ3v) is 3.42. The summed E-state index contributed by atoms with van der Waals surface area (Å²) < 4.78 is 1.89. The highest BCUT2D eigenvalue weighted by atomic mass is 35.5. The van der Waals surface area contributed by atoms with Crippen molar-refractivity contribution in [3.8, 4) is 0 Å². The average Bonchev–Trinajstić information content (AvgIpc) is 2.92. The van der Waals surface area contributed by atoms with Crippen molar-refractivity contribution < 1.29 is 0 Å². The fraction of sp³-hybridized carbons (Fsp3) is 0.455. The normalized spacial score (nSPS) is 19.6. The molecule has 2 N–H and O–H groups in total. The van der Waals surface area contributed by atoms with E-state index in [1.165, 1.54) is 0 Å². The first-order valence-corrected chi connectivity index (χ1v) is 6.49. The number of anilines is 2. The van der Waals surface area contributed by atoms with Gasteiger partial charge >= 0.3 is 0 Å². The van der Waals surface area contributed by atoms with Gasteiger partial charge in [0.25, 0.3) is 0 Å². The standard InChI is InChI=1S/C11H14ClN7/c12-9-4-10(17-11(13)16-9)18-3-1-2-8(5-18)19-7-14-6-15-19/h4,6-8H,1-3,5H2,(H2,13,16,17)/t8-/m0/s1. The summed E-state index contributed by atoms with van der Waals surface area (Å²) in [6, 6.07) is 2.04. The molecule has 3 rings (SSSR count). The molecule has 100 valence electrons. The number of nitrogens with two attached hydrogens (primary N) is 1. The van der Waals surface area contributed by atoms with Gasteiger partial charge in [-0.15, -0.1) is 0 Å². The van der Waals surface area contributed by atoms with Gasteiger partial charge in [-0.1, -0.05) is 11.6 Å². The molecule has 7 nitrogen and oxygen atoms in total. The van der Waals surface area contributed by atoms with Crippen LogP contribution < -0.4 is 10.6 Å². The lowest BCUT2D eigenvalue weighted by Crippen LogP contribution is -2.37. The molecule has 8 heteroatoms. The number of rotatable bonds is 2. The smallest absolute Gasteiger partial charge is 0.223 e. The Hall–Kier alpha value is -1.89. The first-order valence-electron chi connectivity index (χ1n) is 6.11. The van der Waals surface area contributed by atoms with Crippen LogP contribution in [0.5, 0.6) is 0 Å². The number of piperidine rings is 1. The van der Waals surface area contributed by atoms with Crippen LogP contribution >= 0.6 is 11.6 Å². The van der Waals surface area contributed by atoms with Gasteiger partial charge in [0.2, 0.25) is 5.95 Å². The van der Waals surface area contributed by atoms with Gasteiger partial charge < -0.3 is 10.6 Å². The molecule has 0 amide bonds. The average molecular weight is 280 g/mol. The summed E-state index contributed by atoms with van der Waals surface area (Å²) in [5.74, 6) is 0.965. The van der Waals surface area contributed by atoms with Crippen LogP contribution in [-0.2, 0) is 0 Å². The maximum Gasteiger partial charge on any atom is 0.223 e. The topological polar surface area (TPSA) is 85.8 Å². The first-order chi connectivity index (χ1) is 9.22. The van der Waals surface area contributed by atoms with E-state index in [1.54, 1.807) is 18.7 Å². The van der Waals surface area contributed by atoms with E-state index in [4.69, 9.17) is 17.3 Å². The van der Waals surface area contributed by atoms with E-state index in [-0.39, 0.29) is 5.95 Å². The zero-order valence-corrected chi connectivity index (χ0v) is 11.0. The van der Waals surface area contributed by atoms with Crippen molar-refractivity contribution in [1.29, 1.82) is 0 Å². The van der Waals surface area contributed by atoms with E-state index in [2.05, 4.69) is 25.0 Å². The predicted octanol–water partition coefficient (Wildman–Crippen LogP) is 1.15. The summed E-state index contributed by atoms with van der Waals surface area (Å²) in [6.07, 6.45) is 5.44. The van der Waals surface area contributed by atoms with Crippen LogP contribution in [-0.4, -0.2) is 37.8 Å². The second kappa shape index (κ2) is 5.00. The van der Waals surface area contributed by atoms with Crippen molar-refractivity contribution in [2.24, 2.45) is 0 Å². The van der Waals surface area contributed by atoms with Gasteiger partial charge in [0.1, 0.15) is 23.6 Å². The molecule has 0 radical (unpaired) electrons. The van der Waals surface area contributed by atoms with E-state index in [1.807, 2.05) is 4.68 Å². The molecule has 1 saturated heterocycles. The molecule has 1 aliphatic rings. The predicted molar refractivity (Wildman–Crippen MR) is 72.0 cm³/mol. The first kappa shape index (κ1) is 12.2.